The summed E-state index contributed by atoms with van der Waals surface area (Å²) in [4.78, 5) is 5.05. The molecular formula is C15H23N3O2S. The first-order chi connectivity index (χ1) is 10.2. The lowest BCUT2D eigenvalue weighted by Crippen LogP contribution is -2.48. The van der Waals surface area contributed by atoms with Crippen molar-refractivity contribution in [1.82, 2.24) is 9.80 Å². The van der Waals surface area contributed by atoms with E-state index in [4.69, 9.17) is 27.8 Å². The molecule has 1 aromatic carbocycles. The van der Waals surface area contributed by atoms with Crippen molar-refractivity contribution in [3.05, 3.63) is 29.8 Å². The molecule has 0 saturated carbocycles. The molecule has 0 aliphatic carbocycles. The monoisotopic (exact) mass is 309 g/mol. The SMILES string of the molecule is NC(=S)c1cccc(OCCN2CCN(CCO)CC2)c1. The maximum atomic E-state index is 8.92. The molecule has 1 aliphatic heterocycles. The summed E-state index contributed by atoms with van der Waals surface area (Å²) in [6.07, 6.45) is 0. The van der Waals surface area contributed by atoms with Crippen molar-refractivity contribution in [3.8, 4) is 5.75 Å². The predicted octanol–water partition coefficient (Wildman–Crippen LogP) is 0.309. The third-order valence-electron chi connectivity index (χ3n) is 3.68. The van der Waals surface area contributed by atoms with E-state index in [0.29, 0.717) is 11.6 Å². The lowest BCUT2D eigenvalue weighted by atomic mass is 10.2. The largest absolute Gasteiger partial charge is 0.492 e. The molecule has 0 spiro atoms. The van der Waals surface area contributed by atoms with E-state index in [0.717, 1.165) is 50.6 Å². The van der Waals surface area contributed by atoms with Gasteiger partial charge in [-0.1, -0.05) is 24.4 Å². The van der Waals surface area contributed by atoms with E-state index in [9.17, 15) is 0 Å². The number of benzene rings is 1. The minimum atomic E-state index is 0.239. The van der Waals surface area contributed by atoms with Gasteiger partial charge in [0.25, 0.3) is 0 Å². The summed E-state index contributed by atoms with van der Waals surface area (Å²) < 4.78 is 5.76. The smallest absolute Gasteiger partial charge is 0.120 e. The highest BCUT2D eigenvalue weighted by atomic mass is 32.1. The second kappa shape index (κ2) is 8.29. The highest BCUT2D eigenvalue weighted by Gasteiger charge is 2.15. The number of hydrogen-bond acceptors (Lipinski definition) is 5. The van der Waals surface area contributed by atoms with Gasteiger partial charge in [-0.15, -0.1) is 0 Å². The van der Waals surface area contributed by atoms with Crippen molar-refractivity contribution < 1.29 is 9.84 Å². The molecule has 0 bridgehead atoms. The van der Waals surface area contributed by atoms with Crippen molar-refractivity contribution in [2.75, 3.05) is 52.5 Å². The van der Waals surface area contributed by atoms with Crippen LogP contribution in [0.15, 0.2) is 24.3 Å². The van der Waals surface area contributed by atoms with E-state index in [1.807, 2.05) is 24.3 Å². The Morgan fingerprint density at radius 1 is 1.19 bits per heavy atom. The average Bonchev–Trinajstić information content (AvgIpc) is 2.50. The molecule has 0 unspecified atom stereocenters. The van der Waals surface area contributed by atoms with Crippen LogP contribution in [-0.4, -0.2) is 72.4 Å². The molecule has 5 nitrogen and oxygen atoms in total. The van der Waals surface area contributed by atoms with Crippen molar-refractivity contribution in [3.63, 3.8) is 0 Å². The Bertz CT molecular complexity index is 462. The summed E-state index contributed by atoms with van der Waals surface area (Å²) in [5, 5.41) is 8.92. The Hall–Kier alpha value is -1.21. The number of aliphatic hydroxyl groups is 1. The van der Waals surface area contributed by atoms with Gasteiger partial charge in [-0.25, -0.2) is 0 Å². The summed E-state index contributed by atoms with van der Waals surface area (Å²) >= 11 is 4.96. The fraction of sp³-hybridized carbons (Fsp3) is 0.533. The Balaban J connectivity index is 1.70. The molecule has 1 heterocycles. The Kier molecular flexibility index (Phi) is 6.38. The molecule has 1 aromatic rings. The summed E-state index contributed by atoms with van der Waals surface area (Å²) in [5.74, 6) is 0.805. The molecule has 0 atom stereocenters. The van der Waals surface area contributed by atoms with Crippen LogP contribution in [0.4, 0.5) is 0 Å². The third kappa shape index (κ3) is 5.24. The van der Waals surface area contributed by atoms with Crippen LogP contribution in [0.2, 0.25) is 0 Å². The van der Waals surface area contributed by atoms with Crippen LogP contribution in [-0.2, 0) is 0 Å². The average molecular weight is 309 g/mol. The fourth-order valence-corrected chi connectivity index (χ4v) is 2.54. The van der Waals surface area contributed by atoms with Gasteiger partial charge in [0, 0.05) is 44.8 Å². The Morgan fingerprint density at radius 2 is 1.86 bits per heavy atom. The van der Waals surface area contributed by atoms with Gasteiger partial charge in [0.05, 0.1) is 6.61 Å². The van der Waals surface area contributed by atoms with E-state index < -0.39 is 0 Å². The van der Waals surface area contributed by atoms with Gasteiger partial charge in [-0.05, 0) is 12.1 Å². The normalized spacial score (nSPS) is 16.8. The van der Waals surface area contributed by atoms with E-state index in [1.165, 1.54) is 0 Å². The first-order valence-electron chi connectivity index (χ1n) is 7.27. The molecule has 0 amide bonds. The number of aliphatic hydroxyl groups excluding tert-OH is 1. The molecular weight excluding hydrogens is 286 g/mol. The molecule has 21 heavy (non-hydrogen) atoms. The van der Waals surface area contributed by atoms with Gasteiger partial charge in [0.2, 0.25) is 0 Å². The molecule has 116 valence electrons. The molecule has 0 radical (unpaired) electrons. The van der Waals surface area contributed by atoms with E-state index in [1.54, 1.807) is 0 Å². The van der Waals surface area contributed by atoms with Gasteiger partial charge in [0.15, 0.2) is 0 Å². The minimum Gasteiger partial charge on any atom is -0.492 e. The molecule has 1 saturated heterocycles. The highest BCUT2D eigenvalue weighted by molar-refractivity contribution is 7.80. The van der Waals surface area contributed by atoms with E-state index in [-0.39, 0.29) is 6.61 Å². The zero-order valence-corrected chi connectivity index (χ0v) is 13.0. The van der Waals surface area contributed by atoms with Crippen molar-refractivity contribution in [2.24, 2.45) is 5.73 Å². The number of β-amino-alcohol motifs (C(OH)–C–C–N with tert-alkyl or cyclic N) is 1. The number of thiocarbonyl (C=S) groups is 1. The number of ether oxygens (including phenoxy) is 1. The lowest BCUT2D eigenvalue weighted by molar-refractivity contribution is 0.102. The number of nitrogens with zero attached hydrogens (tertiary/aromatic N) is 2. The molecule has 0 aromatic heterocycles. The van der Waals surface area contributed by atoms with Crippen LogP contribution >= 0.6 is 12.2 Å². The Morgan fingerprint density at radius 3 is 2.48 bits per heavy atom. The number of hydrogen-bond donors (Lipinski definition) is 2. The van der Waals surface area contributed by atoms with E-state index in [2.05, 4.69) is 9.80 Å². The van der Waals surface area contributed by atoms with Gasteiger partial charge in [-0.3, -0.25) is 9.80 Å². The standard InChI is InChI=1S/C15H23N3O2S/c16-15(21)13-2-1-3-14(12-13)20-11-9-18-6-4-17(5-7-18)8-10-19/h1-3,12,19H,4-11H2,(H2,16,21). The molecule has 1 aliphatic rings. The van der Waals surface area contributed by atoms with Gasteiger partial charge < -0.3 is 15.6 Å². The number of piperazine rings is 1. The van der Waals surface area contributed by atoms with Crippen molar-refractivity contribution in [2.45, 2.75) is 0 Å². The van der Waals surface area contributed by atoms with Crippen LogP contribution < -0.4 is 10.5 Å². The molecule has 2 rings (SSSR count). The molecule has 6 heteroatoms. The maximum absolute atomic E-state index is 8.92. The van der Waals surface area contributed by atoms with Gasteiger partial charge in [-0.2, -0.15) is 0 Å². The second-order valence-electron chi connectivity index (χ2n) is 5.15. The van der Waals surface area contributed by atoms with Gasteiger partial charge in [0.1, 0.15) is 17.3 Å². The number of nitrogens with two attached hydrogens (primary N) is 1. The van der Waals surface area contributed by atoms with Crippen LogP contribution in [0.3, 0.4) is 0 Å². The third-order valence-corrected chi connectivity index (χ3v) is 3.91. The van der Waals surface area contributed by atoms with Crippen LogP contribution in [0.1, 0.15) is 5.56 Å². The van der Waals surface area contributed by atoms with Crippen LogP contribution in [0.5, 0.6) is 5.75 Å². The van der Waals surface area contributed by atoms with Gasteiger partial charge >= 0.3 is 0 Å². The fourth-order valence-electron chi connectivity index (χ4n) is 2.41. The zero-order valence-electron chi connectivity index (χ0n) is 12.2. The summed E-state index contributed by atoms with van der Waals surface area (Å²) in [5.41, 5.74) is 6.44. The van der Waals surface area contributed by atoms with Crippen LogP contribution in [0, 0.1) is 0 Å². The Labute approximate surface area is 131 Å². The minimum absolute atomic E-state index is 0.239. The van der Waals surface area contributed by atoms with Crippen molar-refractivity contribution in [1.29, 1.82) is 0 Å². The first-order valence-corrected chi connectivity index (χ1v) is 7.68. The van der Waals surface area contributed by atoms with Crippen LogP contribution in [0.25, 0.3) is 0 Å². The highest BCUT2D eigenvalue weighted by Crippen LogP contribution is 2.13. The zero-order chi connectivity index (χ0) is 15.1. The lowest BCUT2D eigenvalue weighted by Gasteiger charge is -2.34. The second-order valence-corrected chi connectivity index (χ2v) is 5.59. The topological polar surface area (TPSA) is 62.0 Å². The molecule has 3 N–H and O–H groups in total. The van der Waals surface area contributed by atoms with E-state index >= 15 is 0 Å². The summed E-state index contributed by atoms with van der Waals surface area (Å²) in [6, 6.07) is 7.58. The molecule has 1 fully saturated rings. The summed E-state index contributed by atoms with van der Waals surface area (Å²) in [7, 11) is 0. The first kappa shape index (κ1) is 16.2. The number of rotatable bonds is 7. The maximum Gasteiger partial charge on any atom is 0.120 e. The quantitative estimate of drug-likeness (QED) is 0.707. The summed E-state index contributed by atoms with van der Waals surface area (Å²) in [6.45, 7) is 6.64. The van der Waals surface area contributed by atoms with Crippen molar-refractivity contribution >= 4 is 17.2 Å². The predicted molar refractivity (Wildman–Crippen MR) is 87.8 cm³/mol.